The average Bonchev–Trinajstić information content (AvgIpc) is 3.17. The Bertz CT molecular complexity index is 1260. The molecule has 4 rings (SSSR count). The first-order valence-electron chi connectivity index (χ1n) is 9.55. The van der Waals surface area contributed by atoms with Gasteiger partial charge in [0.2, 0.25) is 0 Å². The van der Waals surface area contributed by atoms with Gasteiger partial charge in [-0.25, -0.2) is 4.90 Å². The molecule has 1 aliphatic rings. The van der Waals surface area contributed by atoms with E-state index in [1.807, 2.05) is 37.5 Å². The number of imide groups is 1. The van der Waals surface area contributed by atoms with E-state index in [0.29, 0.717) is 10.6 Å². The highest BCUT2D eigenvalue weighted by atomic mass is 32.2. The highest BCUT2D eigenvalue weighted by molar-refractivity contribution is 8.19. The molecule has 1 fully saturated rings. The average molecular weight is 433 g/mol. The van der Waals surface area contributed by atoms with Gasteiger partial charge in [-0.05, 0) is 74.0 Å². The fourth-order valence-corrected chi connectivity index (χ4v) is 4.55. The van der Waals surface area contributed by atoms with Crippen LogP contribution in [0.15, 0.2) is 59.5 Å². The molecule has 2 amide bonds. The minimum absolute atomic E-state index is 0.0403. The summed E-state index contributed by atoms with van der Waals surface area (Å²) in [5, 5.41) is 10.7. The molecule has 7 nitrogen and oxygen atoms in total. The molecular formula is C23H19N3O4S. The zero-order valence-corrected chi connectivity index (χ0v) is 18.0. The van der Waals surface area contributed by atoms with Gasteiger partial charge in [-0.1, -0.05) is 18.2 Å². The Hall–Kier alpha value is -3.65. The van der Waals surface area contributed by atoms with E-state index in [1.54, 1.807) is 42.5 Å². The molecule has 0 unspecified atom stereocenters. The van der Waals surface area contributed by atoms with Crippen molar-refractivity contribution in [3.8, 4) is 5.69 Å². The number of aromatic nitrogens is 1. The summed E-state index contributed by atoms with van der Waals surface area (Å²) in [5.41, 5.74) is 4.79. The van der Waals surface area contributed by atoms with Crippen molar-refractivity contribution in [2.24, 2.45) is 0 Å². The van der Waals surface area contributed by atoms with Crippen LogP contribution in [0.5, 0.6) is 0 Å². The van der Waals surface area contributed by atoms with Gasteiger partial charge in [0, 0.05) is 29.2 Å². The third-order valence-electron chi connectivity index (χ3n) is 5.20. The predicted molar refractivity (Wildman–Crippen MR) is 122 cm³/mol. The SMILES string of the molecule is Cc1cc([N+](=O)[O-])ccc1-n1c(C)cc(/C=C2\SC(=O)N(c3ccccc3)C2=O)c1C. The monoisotopic (exact) mass is 433 g/mol. The van der Waals surface area contributed by atoms with Gasteiger partial charge < -0.3 is 4.57 Å². The standard InChI is InChI=1S/C23H19N3O4S/c1-14-11-19(26(29)30)9-10-20(14)24-15(2)12-17(16(24)3)13-21-22(27)25(23(28)31-21)18-7-5-4-6-8-18/h4-13H,1-3H3/b21-13-. The van der Waals surface area contributed by atoms with Crippen molar-refractivity contribution in [2.75, 3.05) is 4.90 Å². The van der Waals surface area contributed by atoms with Crippen LogP contribution >= 0.6 is 11.8 Å². The zero-order valence-electron chi connectivity index (χ0n) is 17.2. The van der Waals surface area contributed by atoms with Crippen molar-refractivity contribution in [1.82, 2.24) is 4.57 Å². The fourth-order valence-electron chi connectivity index (χ4n) is 3.72. The highest BCUT2D eigenvalue weighted by Crippen LogP contribution is 2.36. The van der Waals surface area contributed by atoms with Crippen LogP contribution in [0.4, 0.5) is 16.2 Å². The van der Waals surface area contributed by atoms with Gasteiger partial charge in [-0.2, -0.15) is 0 Å². The van der Waals surface area contributed by atoms with Crippen LogP contribution in [0, 0.1) is 30.9 Å². The number of rotatable bonds is 4. The van der Waals surface area contributed by atoms with Crippen LogP contribution in [0.3, 0.4) is 0 Å². The molecule has 0 atom stereocenters. The van der Waals surface area contributed by atoms with E-state index in [9.17, 15) is 19.7 Å². The molecule has 0 spiro atoms. The molecule has 8 heteroatoms. The largest absolute Gasteiger partial charge is 0.318 e. The predicted octanol–water partition coefficient (Wildman–Crippen LogP) is 5.55. The summed E-state index contributed by atoms with van der Waals surface area (Å²) in [7, 11) is 0. The molecule has 0 radical (unpaired) electrons. The lowest BCUT2D eigenvalue weighted by atomic mass is 10.1. The molecule has 0 bridgehead atoms. The summed E-state index contributed by atoms with van der Waals surface area (Å²) < 4.78 is 1.99. The molecule has 0 saturated carbocycles. The quantitative estimate of drug-likeness (QED) is 0.306. The summed E-state index contributed by atoms with van der Waals surface area (Å²) in [6.45, 7) is 5.67. The Kier molecular flexibility index (Phi) is 5.24. The van der Waals surface area contributed by atoms with E-state index in [1.165, 1.54) is 11.0 Å². The van der Waals surface area contributed by atoms with E-state index in [4.69, 9.17) is 0 Å². The number of carbonyl (C=O) groups excluding carboxylic acids is 2. The highest BCUT2D eigenvalue weighted by Gasteiger charge is 2.36. The van der Waals surface area contributed by atoms with Crippen LogP contribution in [0.2, 0.25) is 0 Å². The maximum atomic E-state index is 12.9. The van der Waals surface area contributed by atoms with Crippen LogP contribution in [-0.4, -0.2) is 20.6 Å². The van der Waals surface area contributed by atoms with Crippen LogP contribution in [0.1, 0.15) is 22.5 Å². The molecule has 1 saturated heterocycles. The summed E-state index contributed by atoms with van der Waals surface area (Å²) >= 11 is 0.914. The number of benzene rings is 2. The summed E-state index contributed by atoms with van der Waals surface area (Å²) in [6, 6.07) is 15.5. The fraction of sp³-hybridized carbons (Fsp3) is 0.130. The lowest BCUT2D eigenvalue weighted by Gasteiger charge is -2.13. The summed E-state index contributed by atoms with van der Waals surface area (Å²) in [4.78, 5) is 37.5. The van der Waals surface area contributed by atoms with E-state index >= 15 is 0 Å². The molecule has 1 aromatic heterocycles. The minimum Gasteiger partial charge on any atom is -0.318 e. The Morgan fingerprint density at radius 1 is 1.00 bits per heavy atom. The third-order valence-corrected chi connectivity index (χ3v) is 6.07. The molecule has 0 aliphatic carbocycles. The number of nitro benzene ring substituents is 1. The first-order valence-corrected chi connectivity index (χ1v) is 10.4. The van der Waals surface area contributed by atoms with Gasteiger partial charge in [0.15, 0.2) is 0 Å². The lowest BCUT2D eigenvalue weighted by molar-refractivity contribution is -0.384. The topological polar surface area (TPSA) is 85.4 Å². The maximum Gasteiger partial charge on any atom is 0.298 e. The van der Waals surface area contributed by atoms with Gasteiger partial charge in [0.05, 0.1) is 15.5 Å². The number of carbonyl (C=O) groups is 2. The van der Waals surface area contributed by atoms with E-state index in [-0.39, 0.29) is 16.8 Å². The van der Waals surface area contributed by atoms with Crippen molar-refractivity contribution >= 4 is 40.4 Å². The second kappa shape index (κ2) is 7.88. The first kappa shape index (κ1) is 20.6. The number of nitro groups is 1. The van der Waals surface area contributed by atoms with Gasteiger partial charge in [0.25, 0.3) is 16.8 Å². The third kappa shape index (κ3) is 3.66. The second-order valence-electron chi connectivity index (χ2n) is 7.24. The van der Waals surface area contributed by atoms with Crippen LogP contribution < -0.4 is 4.90 Å². The van der Waals surface area contributed by atoms with E-state index in [0.717, 1.165) is 40.0 Å². The number of nitrogens with zero attached hydrogens (tertiary/aromatic N) is 3. The second-order valence-corrected chi connectivity index (χ2v) is 8.24. The smallest absolute Gasteiger partial charge is 0.298 e. The van der Waals surface area contributed by atoms with E-state index < -0.39 is 4.92 Å². The number of thioether (sulfide) groups is 1. The normalized spacial score (nSPS) is 15.2. The number of amides is 2. The molecule has 156 valence electrons. The Morgan fingerprint density at radius 3 is 2.35 bits per heavy atom. The van der Waals surface area contributed by atoms with Crippen LogP contribution in [0.25, 0.3) is 11.8 Å². The van der Waals surface area contributed by atoms with E-state index in [2.05, 4.69) is 0 Å². The van der Waals surface area contributed by atoms with Crippen molar-refractivity contribution in [2.45, 2.75) is 20.8 Å². The first-order chi connectivity index (χ1) is 14.8. The molecule has 2 aromatic carbocycles. The number of anilines is 1. The summed E-state index contributed by atoms with van der Waals surface area (Å²) in [6.07, 6.45) is 1.73. The van der Waals surface area contributed by atoms with Gasteiger partial charge >= 0.3 is 0 Å². The number of non-ortho nitro benzene ring substituents is 1. The van der Waals surface area contributed by atoms with Crippen molar-refractivity contribution < 1.29 is 14.5 Å². The van der Waals surface area contributed by atoms with Crippen molar-refractivity contribution in [3.05, 3.63) is 92.1 Å². The summed E-state index contributed by atoms with van der Waals surface area (Å²) in [5.74, 6) is -0.350. The maximum absolute atomic E-state index is 12.9. The molecule has 1 aliphatic heterocycles. The molecule has 2 heterocycles. The molecule has 0 N–H and O–H groups in total. The number of hydrogen-bond donors (Lipinski definition) is 0. The Labute approximate surface area is 183 Å². The van der Waals surface area contributed by atoms with Crippen LogP contribution in [-0.2, 0) is 4.79 Å². The zero-order chi connectivity index (χ0) is 22.3. The number of aryl methyl sites for hydroxylation is 2. The molecule has 3 aromatic rings. The van der Waals surface area contributed by atoms with Gasteiger partial charge in [0.1, 0.15) is 0 Å². The molecular weight excluding hydrogens is 414 g/mol. The lowest BCUT2D eigenvalue weighted by Crippen LogP contribution is -2.27. The van der Waals surface area contributed by atoms with Crippen molar-refractivity contribution in [1.29, 1.82) is 0 Å². The Morgan fingerprint density at radius 2 is 1.71 bits per heavy atom. The molecule has 31 heavy (non-hydrogen) atoms. The number of hydrogen-bond acceptors (Lipinski definition) is 5. The van der Waals surface area contributed by atoms with Crippen molar-refractivity contribution in [3.63, 3.8) is 0 Å². The number of para-hydroxylation sites is 1. The van der Waals surface area contributed by atoms with Gasteiger partial charge in [-0.15, -0.1) is 0 Å². The van der Waals surface area contributed by atoms with Gasteiger partial charge in [-0.3, -0.25) is 19.7 Å². The minimum atomic E-state index is -0.416. The Balaban J connectivity index is 1.72.